The Morgan fingerprint density at radius 1 is 1.48 bits per heavy atom. The Bertz CT molecular complexity index is 359. The van der Waals surface area contributed by atoms with Gasteiger partial charge in [-0.3, -0.25) is 9.69 Å². The summed E-state index contributed by atoms with van der Waals surface area (Å²) in [4.78, 5) is 24.3. The highest BCUT2D eigenvalue weighted by atomic mass is 32.2. The molecule has 1 rings (SSSR count). The molecular formula is C14H25N3O3S. The van der Waals surface area contributed by atoms with Crippen LogP contribution in [0.25, 0.3) is 0 Å². The molecule has 0 aromatic heterocycles. The van der Waals surface area contributed by atoms with E-state index in [0.29, 0.717) is 6.54 Å². The van der Waals surface area contributed by atoms with Gasteiger partial charge in [-0.15, -0.1) is 6.58 Å². The molecular weight excluding hydrogens is 290 g/mol. The molecule has 6 nitrogen and oxygen atoms in total. The molecule has 0 saturated heterocycles. The zero-order valence-corrected chi connectivity index (χ0v) is 13.3. The zero-order valence-electron chi connectivity index (χ0n) is 12.5. The fourth-order valence-electron chi connectivity index (χ4n) is 2.32. The molecule has 0 spiro atoms. The van der Waals surface area contributed by atoms with Crippen LogP contribution in [0.5, 0.6) is 0 Å². The molecule has 3 N–H and O–H groups in total. The van der Waals surface area contributed by atoms with Crippen molar-refractivity contribution in [2.45, 2.75) is 31.8 Å². The van der Waals surface area contributed by atoms with Crippen LogP contribution in [-0.4, -0.2) is 65.2 Å². The smallest absolute Gasteiger partial charge is 0.317 e. The summed E-state index contributed by atoms with van der Waals surface area (Å²) in [5.41, 5.74) is 0. The summed E-state index contributed by atoms with van der Waals surface area (Å²) in [5.74, 6) is 0.960. The van der Waals surface area contributed by atoms with Crippen LogP contribution in [0.1, 0.15) is 19.8 Å². The minimum atomic E-state index is -0.803. The Morgan fingerprint density at radius 3 is 2.76 bits per heavy atom. The lowest BCUT2D eigenvalue weighted by atomic mass is 9.85. The van der Waals surface area contributed by atoms with Gasteiger partial charge in [0.05, 0.1) is 6.54 Å². The van der Waals surface area contributed by atoms with Crippen molar-refractivity contribution >= 4 is 23.8 Å². The number of thioether (sulfide) groups is 1. The summed E-state index contributed by atoms with van der Waals surface area (Å²) >= 11 is 1.72. The largest absolute Gasteiger partial charge is 0.480 e. The molecule has 1 aliphatic carbocycles. The third-order valence-electron chi connectivity index (χ3n) is 3.48. The Balaban J connectivity index is 2.11. The van der Waals surface area contributed by atoms with Crippen molar-refractivity contribution in [3.05, 3.63) is 12.7 Å². The van der Waals surface area contributed by atoms with Crippen LogP contribution in [0.3, 0.4) is 0 Å². The number of urea groups is 1. The Kier molecular flexibility index (Phi) is 8.22. The molecule has 0 aromatic rings. The highest BCUT2D eigenvalue weighted by Gasteiger charge is 2.34. The van der Waals surface area contributed by atoms with Crippen molar-refractivity contribution in [2.75, 3.05) is 31.1 Å². The summed E-state index contributed by atoms with van der Waals surface area (Å²) in [5, 5.41) is 14.6. The standard InChI is InChI=1S/C14H25N3O3S/c1-3-6-21-7-5-15-14(20)16-11-8-12(9-11)17(4-2)10-13(18)19/h3,11-12H,1,4-10H2,2H3,(H,18,19)(H2,15,16,20). The molecule has 1 fully saturated rings. The van der Waals surface area contributed by atoms with Crippen molar-refractivity contribution in [3.8, 4) is 0 Å². The normalized spacial score (nSPS) is 20.7. The highest BCUT2D eigenvalue weighted by Crippen LogP contribution is 2.25. The van der Waals surface area contributed by atoms with Crippen LogP contribution < -0.4 is 10.6 Å². The predicted octanol–water partition coefficient (Wildman–Crippen LogP) is 1.14. The van der Waals surface area contributed by atoms with Gasteiger partial charge in [-0.2, -0.15) is 11.8 Å². The van der Waals surface area contributed by atoms with Gasteiger partial charge in [0, 0.05) is 30.1 Å². The number of nitrogens with zero attached hydrogens (tertiary/aromatic N) is 1. The summed E-state index contributed by atoms with van der Waals surface area (Å²) in [7, 11) is 0. The Labute approximate surface area is 130 Å². The second-order valence-electron chi connectivity index (χ2n) is 5.04. The Hall–Kier alpha value is -1.21. The summed E-state index contributed by atoms with van der Waals surface area (Å²) in [6.45, 7) is 7.02. The molecule has 0 aliphatic heterocycles. The average molecular weight is 315 g/mol. The summed E-state index contributed by atoms with van der Waals surface area (Å²) in [6, 6.07) is 0.275. The van der Waals surface area contributed by atoms with Gasteiger partial charge < -0.3 is 15.7 Å². The summed E-state index contributed by atoms with van der Waals surface area (Å²) in [6.07, 6.45) is 3.48. The van der Waals surface area contributed by atoms with Crippen LogP contribution >= 0.6 is 11.8 Å². The molecule has 0 heterocycles. The first kappa shape index (κ1) is 17.8. The fourth-order valence-corrected chi connectivity index (χ4v) is 2.90. The van der Waals surface area contributed by atoms with E-state index in [-0.39, 0.29) is 24.7 Å². The third kappa shape index (κ3) is 6.86. The van der Waals surface area contributed by atoms with E-state index in [1.54, 1.807) is 11.8 Å². The van der Waals surface area contributed by atoms with E-state index in [1.165, 1.54) is 0 Å². The van der Waals surface area contributed by atoms with E-state index >= 15 is 0 Å². The number of amides is 2. The van der Waals surface area contributed by atoms with Crippen molar-refractivity contribution in [1.82, 2.24) is 15.5 Å². The predicted molar refractivity (Wildman–Crippen MR) is 85.7 cm³/mol. The Morgan fingerprint density at radius 2 is 2.19 bits per heavy atom. The van der Waals surface area contributed by atoms with Crippen molar-refractivity contribution in [2.24, 2.45) is 0 Å². The fraction of sp³-hybridized carbons (Fsp3) is 0.714. The monoisotopic (exact) mass is 315 g/mol. The van der Waals surface area contributed by atoms with Crippen LogP contribution in [0.4, 0.5) is 4.79 Å². The zero-order chi connectivity index (χ0) is 15.7. The molecule has 0 atom stereocenters. The lowest BCUT2D eigenvalue weighted by Gasteiger charge is -2.42. The SMILES string of the molecule is C=CCSCCNC(=O)NC1CC(N(CC)CC(=O)O)C1. The number of hydrogen-bond acceptors (Lipinski definition) is 4. The number of nitrogens with one attached hydrogen (secondary N) is 2. The van der Waals surface area contributed by atoms with Crippen molar-refractivity contribution in [3.63, 3.8) is 0 Å². The molecule has 2 amide bonds. The molecule has 0 radical (unpaired) electrons. The number of hydrogen-bond donors (Lipinski definition) is 3. The lowest BCUT2D eigenvalue weighted by Crippen LogP contribution is -2.56. The van der Waals surface area contributed by atoms with Crippen LogP contribution in [0.15, 0.2) is 12.7 Å². The molecule has 1 aliphatic rings. The van der Waals surface area contributed by atoms with Crippen LogP contribution in [0.2, 0.25) is 0 Å². The van der Waals surface area contributed by atoms with Crippen LogP contribution in [-0.2, 0) is 4.79 Å². The first-order valence-electron chi connectivity index (χ1n) is 7.25. The van der Waals surface area contributed by atoms with Crippen LogP contribution in [0, 0.1) is 0 Å². The molecule has 0 bridgehead atoms. The van der Waals surface area contributed by atoms with Gasteiger partial charge in [0.25, 0.3) is 0 Å². The second kappa shape index (κ2) is 9.68. The van der Waals surface area contributed by atoms with Gasteiger partial charge in [0.15, 0.2) is 0 Å². The quantitative estimate of drug-likeness (QED) is 0.416. The first-order chi connectivity index (χ1) is 10.1. The second-order valence-corrected chi connectivity index (χ2v) is 6.19. The van der Waals surface area contributed by atoms with Gasteiger partial charge >= 0.3 is 12.0 Å². The number of carboxylic acid groups (broad SMARTS) is 1. The average Bonchev–Trinajstić information content (AvgIpc) is 2.39. The molecule has 120 valence electrons. The number of carbonyl (C=O) groups is 2. The van der Waals surface area contributed by atoms with Gasteiger partial charge in [-0.1, -0.05) is 13.0 Å². The van der Waals surface area contributed by atoms with E-state index in [2.05, 4.69) is 17.2 Å². The topological polar surface area (TPSA) is 81.7 Å². The van der Waals surface area contributed by atoms with Gasteiger partial charge in [-0.05, 0) is 19.4 Å². The third-order valence-corrected chi connectivity index (χ3v) is 4.44. The number of carbonyl (C=O) groups excluding carboxylic acids is 1. The molecule has 0 aromatic carbocycles. The lowest BCUT2D eigenvalue weighted by molar-refractivity contribution is -0.139. The van der Waals surface area contributed by atoms with E-state index in [0.717, 1.165) is 30.9 Å². The minimum Gasteiger partial charge on any atom is -0.480 e. The molecule has 21 heavy (non-hydrogen) atoms. The number of aliphatic carboxylic acids is 1. The number of likely N-dealkylation sites (N-methyl/N-ethyl adjacent to an activating group) is 1. The van der Waals surface area contributed by atoms with Gasteiger partial charge in [0.1, 0.15) is 0 Å². The molecule has 1 saturated carbocycles. The number of rotatable bonds is 10. The first-order valence-corrected chi connectivity index (χ1v) is 8.41. The van der Waals surface area contributed by atoms with Crippen molar-refractivity contribution in [1.29, 1.82) is 0 Å². The van der Waals surface area contributed by atoms with Crippen molar-refractivity contribution < 1.29 is 14.7 Å². The van der Waals surface area contributed by atoms with Gasteiger partial charge in [-0.25, -0.2) is 4.79 Å². The minimum absolute atomic E-state index is 0.0700. The maximum atomic E-state index is 11.6. The van der Waals surface area contributed by atoms with E-state index in [1.807, 2.05) is 17.9 Å². The molecule has 7 heteroatoms. The van der Waals surface area contributed by atoms with E-state index in [9.17, 15) is 9.59 Å². The highest BCUT2D eigenvalue weighted by molar-refractivity contribution is 7.99. The van der Waals surface area contributed by atoms with Gasteiger partial charge in [0.2, 0.25) is 0 Å². The summed E-state index contributed by atoms with van der Waals surface area (Å²) < 4.78 is 0. The maximum Gasteiger partial charge on any atom is 0.317 e. The van der Waals surface area contributed by atoms with E-state index in [4.69, 9.17) is 5.11 Å². The number of carboxylic acids is 1. The van der Waals surface area contributed by atoms with E-state index < -0.39 is 5.97 Å². The molecule has 0 unspecified atom stereocenters. The maximum absolute atomic E-state index is 11.6.